The summed E-state index contributed by atoms with van der Waals surface area (Å²) in [6.45, 7) is 0. The minimum absolute atomic E-state index is 0.888. The molecule has 0 aromatic carbocycles. The first-order valence-corrected chi connectivity index (χ1v) is 7.66. The monoisotopic (exact) mass is 263 g/mol. The van der Waals surface area contributed by atoms with Gasteiger partial charge in [-0.05, 0) is 35.2 Å². The van der Waals surface area contributed by atoms with Crippen LogP contribution >= 0.6 is 7.59 Å². The summed E-state index contributed by atoms with van der Waals surface area (Å²) in [7, 11) is -1.68. The van der Waals surface area contributed by atoms with E-state index in [0.29, 0.717) is 0 Å². The van der Waals surface area contributed by atoms with Crippen LogP contribution in [0, 0.1) is 0 Å². The van der Waals surface area contributed by atoms with Gasteiger partial charge in [-0.2, -0.15) is 0 Å². The van der Waals surface area contributed by atoms with Gasteiger partial charge in [0, 0.05) is 0 Å². The van der Waals surface area contributed by atoms with E-state index in [2.05, 4.69) is 0 Å². The summed E-state index contributed by atoms with van der Waals surface area (Å²) < 4.78 is 52.7. The molecule has 9 heteroatoms. The highest BCUT2D eigenvalue weighted by Gasteiger charge is 2.44. The number of hydrogen-bond acceptors (Lipinski definition) is 1. The largest absolute Gasteiger partial charge is 0.631 e. The highest BCUT2D eigenvalue weighted by atomic mass is 31.2. The Morgan fingerprint density at radius 2 is 1.33 bits per heavy atom. The Bertz CT molecular complexity index is 246. The zero-order valence-corrected chi connectivity index (χ0v) is 11.4. The second-order valence-electron chi connectivity index (χ2n) is 3.64. The van der Waals surface area contributed by atoms with Crippen molar-refractivity contribution in [2.24, 2.45) is 0 Å². The molecular formula is C6H17F3N3OPSi. The molecule has 0 amide bonds. The molecule has 0 heterocycles. The van der Waals surface area contributed by atoms with E-state index in [9.17, 15) is 16.9 Å². The quantitative estimate of drug-likeness (QED) is 0.427. The van der Waals surface area contributed by atoms with Crippen LogP contribution in [0.25, 0.3) is 0 Å². The molecule has 0 unspecified atom stereocenters. The molecule has 0 aliphatic carbocycles. The molecule has 15 heavy (non-hydrogen) atoms. The van der Waals surface area contributed by atoms with E-state index in [4.69, 9.17) is 0 Å². The zero-order chi connectivity index (χ0) is 12.4. The second-order valence-corrected chi connectivity index (χ2v) is 8.49. The molecule has 0 rings (SSSR count). The van der Waals surface area contributed by atoms with E-state index in [-0.39, 0.29) is 0 Å². The minimum Gasteiger partial charge on any atom is -0.270 e. The molecule has 92 valence electrons. The van der Waals surface area contributed by atoms with Gasteiger partial charge < -0.3 is 0 Å². The Labute approximate surface area is 89.7 Å². The second kappa shape index (κ2) is 4.97. The van der Waals surface area contributed by atoms with Crippen molar-refractivity contribution in [1.82, 2.24) is 14.0 Å². The summed E-state index contributed by atoms with van der Waals surface area (Å²) in [6, 6.07) is 0. The summed E-state index contributed by atoms with van der Waals surface area (Å²) in [5, 5.41) is 0. The fourth-order valence-electron chi connectivity index (χ4n) is 1.32. The van der Waals surface area contributed by atoms with Crippen LogP contribution in [0.2, 0.25) is 0 Å². The van der Waals surface area contributed by atoms with Crippen LogP contribution in [0.5, 0.6) is 0 Å². The molecule has 0 saturated carbocycles. The van der Waals surface area contributed by atoms with Gasteiger partial charge in [0.1, 0.15) is 0 Å². The molecule has 0 saturated heterocycles. The van der Waals surface area contributed by atoms with Gasteiger partial charge in [0.15, 0.2) is 0 Å². The van der Waals surface area contributed by atoms with Crippen molar-refractivity contribution < 1.29 is 16.9 Å². The van der Waals surface area contributed by atoms with E-state index in [1.54, 1.807) is 0 Å². The van der Waals surface area contributed by atoms with Crippen molar-refractivity contribution >= 4 is 16.7 Å². The first-order valence-electron chi connectivity index (χ1n) is 4.26. The van der Waals surface area contributed by atoms with Crippen molar-refractivity contribution in [3.05, 3.63) is 0 Å². The Morgan fingerprint density at radius 3 is 1.53 bits per heavy atom. The van der Waals surface area contributed by atoms with Crippen LogP contribution in [0.4, 0.5) is 12.3 Å². The molecule has 0 aromatic heterocycles. The molecule has 0 atom stereocenters. The number of halogens is 3. The molecular weight excluding hydrogens is 246 g/mol. The SMILES string of the molecule is CN(C)P(=O)(N(C)C)N(C)C[Si](F)(F)F. The summed E-state index contributed by atoms with van der Waals surface area (Å²) in [5.74, 6) is 0. The van der Waals surface area contributed by atoms with E-state index in [0.717, 1.165) is 4.67 Å². The Hall–Kier alpha value is 0.117. The minimum atomic E-state index is -5.72. The van der Waals surface area contributed by atoms with Crippen molar-refractivity contribution in [3.8, 4) is 0 Å². The van der Waals surface area contributed by atoms with Crippen LogP contribution in [0.3, 0.4) is 0 Å². The Kier molecular flexibility index (Phi) is 5.00. The molecule has 0 aliphatic heterocycles. The Balaban J connectivity index is 4.89. The summed E-state index contributed by atoms with van der Waals surface area (Å²) >= 11 is 0. The highest BCUT2D eigenvalue weighted by molar-refractivity contribution is 7.56. The molecule has 0 aliphatic rings. The first kappa shape index (κ1) is 15.1. The van der Waals surface area contributed by atoms with Crippen molar-refractivity contribution in [2.75, 3.05) is 41.4 Å². The third-order valence-electron chi connectivity index (χ3n) is 1.90. The topological polar surface area (TPSA) is 26.8 Å². The lowest BCUT2D eigenvalue weighted by Gasteiger charge is -2.36. The smallest absolute Gasteiger partial charge is 0.270 e. The lowest BCUT2D eigenvalue weighted by atomic mass is 11.2. The van der Waals surface area contributed by atoms with Crippen LogP contribution in [0.15, 0.2) is 0 Å². The lowest BCUT2D eigenvalue weighted by molar-refractivity contribution is 0.350. The maximum absolute atomic E-state index is 12.3. The number of rotatable bonds is 5. The predicted molar refractivity (Wildman–Crippen MR) is 56.7 cm³/mol. The Morgan fingerprint density at radius 1 is 1.00 bits per heavy atom. The summed E-state index contributed by atoms with van der Waals surface area (Å²) in [6.07, 6.45) is -1.05. The van der Waals surface area contributed by atoms with Gasteiger partial charge in [-0.3, -0.25) is 4.57 Å². The molecule has 0 fully saturated rings. The highest BCUT2D eigenvalue weighted by Crippen LogP contribution is 2.52. The maximum Gasteiger partial charge on any atom is 0.631 e. The van der Waals surface area contributed by atoms with Gasteiger partial charge in [0.2, 0.25) is 0 Å². The summed E-state index contributed by atoms with van der Waals surface area (Å²) in [5.41, 5.74) is 0. The standard InChI is InChI=1S/C6H17F3N3OPSi/c1-10(2)14(13,11(3)4)12(5)6-15(7,8)9/h6H2,1-5H3. The van der Waals surface area contributed by atoms with Crippen molar-refractivity contribution in [1.29, 1.82) is 0 Å². The maximum atomic E-state index is 12.3. The molecule has 0 N–H and O–H groups in total. The lowest BCUT2D eigenvalue weighted by Crippen LogP contribution is -2.40. The van der Waals surface area contributed by atoms with Gasteiger partial charge >= 0.3 is 9.08 Å². The summed E-state index contributed by atoms with van der Waals surface area (Å²) in [4.78, 5) is 0. The van der Waals surface area contributed by atoms with Gasteiger partial charge in [-0.25, -0.2) is 26.3 Å². The number of nitrogens with zero attached hydrogens (tertiary/aromatic N) is 3. The fourth-order valence-corrected chi connectivity index (χ4v) is 4.99. The predicted octanol–water partition coefficient (Wildman–Crippen LogP) is 1.54. The van der Waals surface area contributed by atoms with E-state index >= 15 is 0 Å². The average molecular weight is 263 g/mol. The van der Waals surface area contributed by atoms with Gasteiger partial charge in [-0.1, -0.05) is 0 Å². The fraction of sp³-hybridized carbons (Fsp3) is 1.00. The molecule has 0 aromatic rings. The normalized spacial score (nSPS) is 14.3. The molecule has 0 radical (unpaired) electrons. The van der Waals surface area contributed by atoms with Gasteiger partial charge in [-0.15, -0.1) is 0 Å². The van der Waals surface area contributed by atoms with Gasteiger partial charge in [0.05, 0.1) is 6.17 Å². The van der Waals surface area contributed by atoms with Crippen LogP contribution in [-0.4, -0.2) is 64.5 Å². The van der Waals surface area contributed by atoms with Crippen LogP contribution < -0.4 is 0 Å². The number of hydrogen-bond donors (Lipinski definition) is 0. The van der Waals surface area contributed by atoms with Gasteiger partial charge in [0.25, 0.3) is 7.59 Å². The molecule has 0 spiro atoms. The molecule has 0 bridgehead atoms. The average Bonchev–Trinajstić information content (AvgIpc) is 1.98. The third-order valence-corrected chi connectivity index (χ3v) is 6.11. The van der Waals surface area contributed by atoms with Crippen molar-refractivity contribution in [3.63, 3.8) is 0 Å². The van der Waals surface area contributed by atoms with E-state index in [1.807, 2.05) is 0 Å². The van der Waals surface area contributed by atoms with Crippen LogP contribution in [0.1, 0.15) is 0 Å². The van der Waals surface area contributed by atoms with Crippen molar-refractivity contribution in [2.45, 2.75) is 0 Å². The van der Waals surface area contributed by atoms with E-state index < -0.39 is 22.8 Å². The third kappa shape index (κ3) is 3.88. The zero-order valence-electron chi connectivity index (χ0n) is 9.54. The first-order chi connectivity index (χ1) is 6.51. The van der Waals surface area contributed by atoms with Crippen LogP contribution in [-0.2, 0) is 4.57 Å². The van der Waals surface area contributed by atoms with E-state index in [1.165, 1.54) is 44.6 Å². The molecule has 4 nitrogen and oxygen atoms in total.